The molecule has 0 N–H and O–H groups in total. The van der Waals surface area contributed by atoms with E-state index in [4.69, 9.17) is 9.40 Å². The Balaban J connectivity index is 1.26. The van der Waals surface area contributed by atoms with Crippen molar-refractivity contribution >= 4 is 60.7 Å². The standard InChI is InChI=1S/C47H31N3O/c1-4-15-32(16-5-1)36-21-10-12-24-42(36)50(35-27-28-38-37-22-11-13-25-43(37)49(45(38)31-35)34-19-8-3-9-20-34)44-26-14-23-40-39(44)29-30-41-46(40)51-47(48-41)33-17-6-2-7-18-33/h1-31H. The van der Waals surface area contributed by atoms with E-state index in [0.717, 1.165) is 66.8 Å². The Morgan fingerprint density at radius 2 is 1.08 bits per heavy atom. The van der Waals surface area contributed by atoms with E-state index >= 15 is 0 Å². The molecule has 2 heterocycles. The summed E-state index contributed by atoms with van der Waals surface area (Å²) in [5, 5.41) is 4.53. The first-order chi connectivity index (χ1) is 25.3. The van der Waals surface area contributed by atoms with Crippen LogP contribution in [0.15, 0.2) is 192 Å². The average molecular weight is 654 g/mol. The van der Waals surface area contributed by atoms with Crippen LogP contribution in [0, 0.1) is 0 Å². The average Bonchev–Trinajstić information content (AvgIpc) is 3.79. The van der Waals surface area contributed by atoms with Gasteiger partial charge in [0.25, 0.3) is 0 Å². The molecule has 0 aliphatic rings. The van der Waals surface area contributed by atoms with Crippen molar-refractivity contribution in [1.82, 2.24) is 9.55 Å². The second kappa shape index (κ2) is 11.9. The summed E-state index contributed by atoms with van der Waals surface area (Å²) in [7, 11) is 0. The molecular weight excluding hydrogens is 623 g/mol. The molecule has 0 unspecified atom stereocenters. The minimum Gasteiger partial charge on any atom is -0.435 e. The van der Waals surface area contributed by atoms with E-state index < -0.39 is 0 Å². The highest BCUT2D eigenvalue weighted by Crippen LogP contribution is 2.46. The fraction of sp³-hybridized carbons (Fsp3) is 0. The van der Waals surface area contributed by atoms with Gasteiger partial charge in [0, 0.05) is 44.0 Å². The van der Waals surface area contributed by atoms with Crippen LogP contribution in [0.4, 0.5) is 17.1 Å². The van der Waals surface area contributed by atoms with Crippen LogP contribution in [-0.4, -0.2) is 9.55 Å². The molecule has 0 bridgehead atoms. The summed E-state index contributed by atoms with van der Waals surface area (Å²) in [5.41, 5.74) is 11.5. The van der Waals surface area contributed by atoms with Gasteiger partial charge in [0.1, 0.15) is 5.52 Å². The second-order valence-corrected chi connectivity index (χ2v) is 12.8. The molecular formula is C47H31N3O. The molecule has 10 aromatic rings. The summed E-state index contributed by atoms with van der Waals surface area (Å²) in [6.45, 7) is 0. The third-order valence-corrected chi connectivity index (χ3v) is 9.81. The number of fused-ring (bicyclic) bond motifs is 6. The van der Waals surface area contributed by atoms with Gasteiger partial charge in [0.15, 0.2) is 5.58 Å². The number of nitrogens with zero attached hydrogens (tertiary/aromatic N) is 3. The molecule has 0 radical (unpaired) electrons. The first-order valence-electron chi connectivity index (χ1n) is 17.2. The molecule has 0 saturated heterocycles. The molecule has 0 aliphatic heterocycles. The summed E-state index contributed by atoms with van der Waals surface area (Å²) >= 11 is 0. The van der Waals surface area contributed by atoms with Gasteiger partial charge in [-0.25, -0.2) is 4.98 Å². The van der Waals surface area contributed by atoms with Gasteiger partial charge >= 0.3 is 0 Å². The Bertz CT molecular complexity index is 2850. The number of rotatable bonds is 6. The van der Waals surface area contributed by atoms with Crippen molar-refractivity contribution in [3.05, 3.63) is 188 Å². The topological polar surface area (TPSA) is 34.2 Å². The SMILES string of the molecule is c1ccc(-c2nc3ccc4c(N(c5ccc6c7ccccc7n(-c7ccccc7)c6c5)c5ccccc5-c5ccccc5)cccc4c3o2)cc1. The lowest BCUT2D eigenvalue weighted by Gasteiger charge is -2.29. The molecule has 4 nitrogen and oxygen atoms in total. The van der Waals surface area contributed by atoms with Crippen molar-refractivity contribution in [3.8, 4) is 28.3 Å². The van der Waals surface area contributed by atoms with Gasteiger partial charge in [0.05, 0.1) is 22.4 Å². The maximum absolute atomic E-state index is 6.53. The van der Waals surface area contributed by atoms with Gasteiger partial charge in [-0.3, -0.25) is 0 Å². The lowest BCUT2D eigenvalue weighted by atomic mass is 10.00. The third kappa shape index (κ3) is 4.80. The Morgan fingerprint density at radius 1 is 0.451 bits per heavy atom. The van der Waals surface area contributed by atoms with E-state index in [-0.39, 0.29) is 0 Å². The van der Waals surface area contributed by atoms with E-state index in [1.165, 1.54) is 16.3 Å². The highest BCUT2D eigenvalue weighted by atomic mass is 16.3. The highest BCUT2D eigenvalue weighted by Gasteiger charge is 2.22. The predicted molar refractivity (Wildman–Crippen MR) is 211 cm³/mol. The number of hydrogen-bond acceptors (Lipinski definition) is 3. The molecule has 0 aliphatic carbocycles. The number of anilines is 3. The van der Waals surface area contributed by atoms with Crippen molar-refractivity contribution < 1.29 is 4.42 Å². The molecule has 8 aromatic carbocycles. The van der Waals surface area contributed by atoms with Gasteiger partial charge in [-0.1, -0.05) is 121 Å². The van der Waals surface area contributed by atoms with Crippen molar-refractivity contribution in [3.63, 3.8) is 0 Å². The van der Waals surface area contributed by atoms with Gasteiger partial charge in [-0.15, -0.1) is 0 Å². The zero-order valence-corrected chi connectivity index (χ0v) is 27.6. The Kier molecular flexibility index (Phi) is 6.78. The van der Waals surface area contributed by atoms with E-state index in [9.17, 15) is 0 Å². The summed E-state index contributed by atoms with van der Waals surface area (Å²) in [5.74, 6) is 0.619. The van der Waals surface area contributed by atoms with Gasteiger partial charge in [-0.2, -0.15) is 0 Å². The maximum Gasteiger partial charge on any atom is 0.227 e. The Hall–Kier alpha value is -6.91. The van der Waals surface area contributed by atoms with Crippen molar-refractivity contribution in [2.75, 3.05) is 4.90 Å². The van der Waals surface area contributed by atoms with Crippen LogP contribution >= 0.6 is 0 Å². The summed E-state index contributed by atoms with van der Waals surface area (Å²) in [6, 6.07) is 66.3. The number of hydrogen-bond donors (Lipinski definition) is 0. The molecule has 0 spiro atoms. The quantitative estimate of drug-likeness (QED) is 0.179. The molecule has 10 rings (SSSR count). The van der Waals surface area contributed by atoms with E-state index in [1.54, 1.807) is 0 Å². The molecule has 2 aromatic heterocycles. The monoisotopic (exact) mass is 653 g/mol. The predicted octanol–water partition coefficient (Wildman–Crippen LogP) is 12.9. The number of oxazole rings is 1. The molecule has 0 saturated carbocycles. The van der Waals surface area contributed by atoms with Gasteiger partial charge < -0.3 is 13.9 Å². The van der Waals surface area contributed by atoms with E-state index in [2.05, 4.69) is 167 Å². The highest BCUT2D eigenvalue weighted by molar-refractivity contribution is 6.13. The fourth-order valence-corrected chi connectivity index (χ4v) is 7.52. The van der Waals surface area contributed by atoms with Crippen molar-refractivity contribution in [2.45, 2.75) is 0 Å². The second-order valence-electron chi connectivity index (χ2n) is 12.8. The number of benzene rings is 8. The van der Waals surface area contributed by atoms with Crippen molar-refractivity contribution in [1.29, 1.82) is 0 Å². The van der Waals surface area contributed by atoms with Crippen molar-refractivity contribution in [2.24, 2.45) is 0 Å². The maximum atomic E-state index is 6.53. The van der Waals surface area contributed by atoms with Crippen LogP contribution < -0.4 is 4.90 Å². The minimum atomic E-state index is 0.619. The first kappa shape index (κ1) is 29.0. The van der Waals surface area contributed by atoms with Crippen LogP contribution in [-0.2, 0) is 0 Å². The van der Waals surface area contributed by atoms with Crippen LogP contribution in [0.25, 0.3) is 71.9 Å². The van der Waals surface area contributed by atoms with Gasteiger partial charge in [-0.05, 0) is 72.3 Å². The smallest absolute Gasteiger partial charge is 0.227 e. The summed E-state index contributed by atoms with van der Waals surface area (Å²) < 4.78 is 8.91. The largest absolute Gasteiger partial charge is 0.435 e. The fourth-order valence-electron chi connectivity index (χ4n) is 7.52. The normalized spacial score (nSPS) is 11.5. The molecule has 0 fully saturated rings. The third-order valence-electron chi connectivity index (χ3n) is 9.81. The first-order valence-corrected chi connectivity index (χ1v) is 17.2. The molecule has 4 heteroatoms. The lowest BCUT2D eigenvalue weighted by Crippen LogP contribution is -2.12. The summed E-state index contributed by atoms with van der Waals surface area (Å²) in [6.07, 6.45) is 0. The molecule has 240 valence electrons. The van der Waals surface area contributed by atoms with Crippen LogP contribution in [0.2, 0.25) is 0 Å². The van der Waals surface area contributed by atoms with Gasteiger partial charge in [0.2, 0.25) is 5.89 Å². The molecule has 51 heavy (non-hydrogen) atoms. The number of para-hydroxylation sites is 3. The van der Waals surface area contributed by atoms with Crippen LogP contribution in [0.5, 0.6) is 0 Å². The zero-order chi connectivity index (χ0) is 33.7. The number of aromatic nitrogens is 2. The molecule has 0 atom stereocenters. The zero-order valence-electron chi connectivity index (χ0n) is 27.6. The Labute approximate surface area is 295 Å². The van der Waals surface area contributed by atoms with Crippen LogP contribution in [0.3, 0.4) is 0 Å². The van der Waals surface area contributed by atoms with E-state index in [1.807, 2.05) is 30.3 Å². The lowest BCUT2D eigenvalue weighted by molar-refractivity contribution is 0.623. The minimum absolute atomic E-state index is 0.619. The summed E-state index contributed by atoms with van der Waals surface area (Å²) in [4.78, 5) is 7.29. The molecule has 0 amide bonds. The Morgan fingerprint density at radius 3 is 1.90 bits per heavy atom. The van der Waals surface area contributed by atoms with E-state index in [0.29, 0.717) is 5.89 Å². The van der Waals surface area contributed by atoms with Crippen LogP contribution in [0.1, 0.15) is 0 Å².